The van der Waals surface area contributed by atoms with Crippen LogP contribution in [0, 0.1) is 11.7 Å². The van der Waals surface area contributed by atoms with Gasteiger partial charge in [-0.25, -0.2) is 9.18 Å². The Balaban J connectivity index is 1.96. The lowest BCUT2D eigenvalue weighted by Crippen LogP contribution is -2.39. The molecular formula is C15H20FNO3. The number of carboxylic acid groups (broad SMARTS) is 1. The zero-order valence-electron chi connectivity index (χ0n) is 11.3. The van der Waals surface area contributed by atoms with Gasteiger partial charge in [-0.2, -0.15) is 0 Å². The Labute approximate surface area is 117 Å². The second kappa shape index (κ2) is 6.81. The van der Waals surface area contributed by atoms with E-state index in [-0.39, 0.29) is 24.1 Å². The summed E-state index contributed by atoms with van der Waals surface area (Å²) in [7, 11) is 0. The van der Waals surface area contributed by atoms with Gasteiger partial charge in [-0.05, 0) is 36.5 Å². The molecule has 2 rings (SSSR count). The first kappa shape index (κ1) is 14.9. The highest BCUT2D eigenvalue weighted by molar-refractivity contribution is 5.87. The van der Waals surface area contributed by atoms with Crippen molar-refractivity contribution < 1.29 is 19.4 Å². The standard InChI is InChI=1S/C15H20FNO3/c16-13-7-10(5-6-12(13)15(19)20)8-17-14-4-2-1-3-11(14)9-18/h5-7,11,14,17-18H,1-4,8-9H2,(H,19,20). The van der Waals surface area contributed by atoms with Crippen LogP contribution in [0.2, 0.25) is 0 Å². The van der Waals surface area contributed by atoms with Crippen LogP contribution in [0.3, 0.4) is 0 Å². The van der Waals surface area contributed by atoms with Crippen molar-refractivity contribution in [3.63, 3.8) is 0 Å². The SMILES string of the molecule is O=C(O)c1ccc(CNC2CCCCC2CO)cc1F. The van der Waals surface area contributed by atoms with E-state index in [0.29, 0.717) is 6.54 Å². The van der Waals surface area contributed by atoms with Crippen molar-refractivity contribution in [1.82, 2.24) is 5.32 Å². The molecule has 2 atom stereocenters. The van der Waals surface area contributed by atoms with Crippen molar-refractivity contribution in [3.8, 4) is 0 Å². The molecule has 1 aliphatic carbocycles. The summed E-state index contributed by atoms with van der Waals surface area (Å²) < 4.78 is 13.6. The smallest absolute Gasteiger partial charge is 0.338 e. The average molecular weight is 281 g/mol. The molecule has 2 unspecified atom stereocenters. The Morgan fingerprint density at radius 2 is 2.10 bits per heavy atom. The third-order valence-corrected chi connectivity index (χ3v) is 3.98. The predicted molar refractivity (Wildman–Crippen MR) is 73.0 cm³/mol. The highest BCUT2D eigenvalue weighted by Crippen LogP contribution is 2.24. The minimum Gasteiger partial charge on any atom is -0.478 e. The molecule has 110 valence electrons. The summed E-state index contributed by atoms with van der Waals surface area (Å²) in [5.74, 6) is -1.71. The monoisotopic (exact) mass is 281 g/mol. The molecule has 0 saturated heterocycles. The molecule has 0 aromatic heterocycles. The fourth-order valence-electron chi connectivity index (χ4n) is 2.79. The number of halogens is 1. The first-order chi connectivity index (χ1) is 9.61. The molecule has 1 aromatic carbocycles. The Kier molecular flexibility index (Phi) is 5.09. The minimum absolute atomic E-state index is 0.171. The molecule has 1 aliphatic rings. The van der Waals surface area contributed by atoms with E-state index in [1.807, 2.05) is 0 Å². The van der Waals surface area contributed by atoms with Crippen LogP contribution in [-0.2, 0) is 6.54 Å². The number of aliphatic hydroxyl groups excluding tert-OH is 1. The summed E-state index contributed by atoms with van der Waals surface area (Å²) in [5.41, 5.74) is 0.411. The first-order valence-electron chi connectivity index (χ1n) is 6.97. The molecule has 0 radical (unpaired) electrons. The maximum Gasteiger partial charge on any atom is 0.338 e. The van der Waals surface area contributed by atoms with Gasteiger partial charge in [0.25, 0.3) is 0 Å². The first-order valence-corrected chi connectivity index (χ1v) is 6.97. The maximum absolute atomic E-state index is 13.6. The quantitative estimate of drug-likeness (QED) is 0.773. The van der Waals surface area contributed by atoms with E-state index < -0.39 is 11.8 Å². The Hall–Kier alpha value is -1.46. The third kappa shape index (κ3) is 3.55. The molecule has 1 aromatic rings. The van der Waals surface area contributed by atoms with Gasteiger partial charge in [0.2, 0.25) is 0 Å². The van der Waals surface area contributed by atoms with Crippen LogP contribution in [-0.4, -0.2) is 28.8 Å². The number of hydrogen-bond acceptors (Lipinski definition) is 3. The highest BCUT2D eigenvalue weighted by atomic mass is 19.1. The van der Waals surface area contributed by atoms with Gasteiger partial charge < -0.3 is 15.5 Å². The van der Waals surface area contributed by atoms with Crippen molar-refractivity contribution >= 4 is 5.97 Å². The molecule has 5 heteroatoms. The van der Waals surface area contributed by atoms with Crippen LogP contribution < -0.4 is 5.32 Å². The molecule has 1 saturated carbocycles. The lowest BCUT2D eigenvalue weighted by atomic mass is 9.85. The number of aliphatic hydroxyl groups is 1. The molecule has 3 N–H and O–H groups in total. The largest absolute Gasteiger partial charge is 0.478 e. The van der Waals surface area contributed by atoms with Crippen LogP contribution in [0.5, 0.6) is 0 Å². The van der Waals surface area contributed by atoms with Gasteiger partial charge in [0, 0.05) is 19.2 Å². The van der Waals surface area contributed by atoms with E-state index in [4.69, 9.17) is 5.11 Å². The van der Waals surface area contributed by atoms with Crippen LogP contribution in [0.15, 0.2) is 18.2 Å². The van der Waals surface area contributed by atoms with Gasteiger partial charge in [-0.15, -0.1) is 0 Å². The summed E-state index contributed by atoms with van der Waals surface area (Å²) in [5, 5.41) is 21.4. The van der Waals surface area contributed by atoms with Gasteiger partial charge in [-0.1, -0.05) is 18.9 Å². The molecule has 0 spiro atoms. The number of rotatable bonds is 5. The molecule has 0 amide bonds. The second-order valence-electron chi connectivity index (χ2n) is 5.33. The number of nitrogens with one attached hydrogen (secondary N) is 1. The maximum atomic E-state index is 13.6. The van der Waals surface area contributed by atoms with E-state index >= 15 is 0 Å². The molecule has 20 heavy (non-hydrogen) atoms. The van der Waals surface area contributed by atoms with Gasteiger partial charge in [0.15, 0.2) is 0 Å². The fourth-order valence-corrected chi connectivity index (χ4v) is 2.79. The molecule has 0 heterocycles. The zero-order valence-corrected chi connectivity index (χ0v) is 11.3. The molecule has 0 bridgehead atoms. The number of benzene rings is 1. The summed E-state index contributed by atoms with van der Waals surface area (Å²) in [6.45, 7) is 0.655. The lowest BCUT2D eigenvalue weighted by molar-refractivity contribution is 0.0692. The third-order valence-electron chi connectivity index (χ3n) is 3.98. The van der Waals surface area contributed by atoms with Gasteiger partial charge in [0.1, 0.15) is 5.82 Å². The summed E-state index contributed by atoms with van der Waals surface area (Å²) in [6.07, 6.45) is 4.31. The van der Waals surface area contributed by atoms with Crippen molar-refractivity contribution in [3.05, 3.63) is 35.1 Å². The number of aromatic carboxylic acids is 1. The fraction of sp³-hybridized carbons (Fsp3) is 0.533. The second-order valence-corrected chi connectivity index (χ2v) is 5.33. The Morgan fingerprint density at radius 3 is 2.75 bits per heavy atom. The zero-order chi connectivity index (χ0) is 14.5. The van der Waals surface area contributed by atoms with Crippen LogP contribution in [0.25, 0.3) is 0 Å². The molecule has 4 nitrogen and oxygen atoms in total. The molecular weight excluding hydrogens is 261 g/mol. The number of carbonyl (C=O) groups is 1. The van der Waals surface area contributed by atoms with E-state index in [1.165, 1.54) is 12.1 Å². The van der Waals surface area contributed by atoms with Crippen molar-refractivity contribution in [1.29, 1.82) is 0 Å². The summed E-state index contributed by atoms with van der Waals surface area (Å²) in [4.78, 5) is 10.7. The van der Waals surface area contributed by atoms with Crippen LogP contribution in [0.1, 0.15) is 41.6 Å². The van der Waals surface area contributed by atoms with Gasteiger partial charge in [-0.3, -0.25) is 0 Å². The van der Waals surface area contributed by atoms with Crippen molar-refractivity contribution in [2.24, 2.45) is 5.92 Å². The summed E-state index contributed by atoms with van der Waals surface area (Å²) >= 11 is 0. The van der Waals surface area contributed by atoms with E-state index in [0.717, 1.165) is 31.2 Å². The van der Waals surface area contributed by atoms with Crippen molar-refractivity contribution in [2.75, 3.05) is 6.61 Å². The van der Waals surface area contributed by atoms with Crippen LogP contribution in [0.4, 0.5) is 4.39 Å². The Bertz CT molecular complexity index is 478. The van der Waals surface area contributed by atoms with Crippen molar-refractivity contribution in [2.45, 2.75) is 38.3 Å². The topological polar surface area (TPSA) is 69.6 Å². The van der Waals surface area contributed by atoms with E-state index in [2.05, 4.69) is 5.32 Å². The van der Waals surface area contributed by atoms with Gasteiger partial charge >= 0.3 is 5.97 Å². The normalized spacial score (nSPS) is 22.7. The Morgan fingerprint density at radius 1 is 1.35 bits per heavy atom. The van der Waals surface area contributed by atoms with Gasteiger partial charge in [0.05, 0.1) is 5.56 Å². The lowest BCUT2D eigenvalue weighted by Gasteiger charge is -2.31. The summed E-state index contributed by atoms with van der Waals surface area (Å²) in [6, 6.07) is 4.42. The predicted octanol–water partition coefficient (Wildman–Crippen LogP) is 2.16. The minimum atomic E-state index is -1.25. The number of hydrogen-bond donors (Lipinski definition) is 3. The molecule has 1 fully saturated rings. The number of carboxylic acids is 1. The van der Waals surface area contributed by atoms with Crippen LogP contribution >= 0.6 is 0 Å². The van der Waals surface area contributed by atoms with E-state index in [9.17, 15) is 14.3 Å². The average Bonchev–Trinajstić information content (AvgIpc) is 2.45. The van der Waals surface area contributed by atoms with E-state index in [1.54, 1.807) is 6.07 Å². The molecule has 0 aliphatic heterocycles. The highest BCUT2D eigenvalue weighted by Gasteiger charge is 2.23.